The van der Waals surface area contributed by atoms with Crippen LogP contribution < -0.4 is 5.32 Å². The number of carboxylic acid groups (broad SMARTS) is 1. The highest BCUT2D eigenvalue weighted by atomic mass is 16.4. The van der Waals surface area contributed by atoms with Crippen molar-refractivity contribution >= 4 is 17.8 Å². The quantitative estimate of drug-likeness (QED) is 0.745. The summed E-state index contributed by atoms with van der Waals surface area (Å²) in [6.45, 7) is 4.74. The van der Waals surface area contributed by atoms with Gasteiger partial charge in [0.05, 0.1) is 6.20 Å². The fourth-order valence-corrected chi connectivity index (χ4v) is 1.96. The second-order valence-corrected chi connectivity index (χ2v) is 5.43. The van der Waals surface area contributed by atoms with E-state index in [0.717, 1.165) is 4.90 Å². The maximum absolute atomic E-state index is 12.3. The molecule has 1 aromatic rings. The number of nitrogens with zero attached hydrogens (tertiary/aromatic N) is 3. The van der Waals surface area contributed by atoms with Crippen molar-refractivity contribution in [2.45, 2.75) is 38.8 Å². The molecule has 0 aliphatic heterocycles. The van der Waals surface area contributed by atoms with E-state index in [1.54, 1.807) is 20.8 Å². The third-order valence-corrected chi connectivity index (χ3v) is 2.76. The van der Waals surface area contributed by atoms with Gasteiger partial charge in [0.2, 0.25) is 5.91 Å². The Hall–Kier alpha value is -2.22. The molecule has 1 atom stereocenters. The van der Waals surface area contributed by atoms with E-state index in [9.17, 15) is 14.7 Å². The van der Waals surface area contributed by atoms with E-state index in [1.807, 2.05) is 0 Å². The van der Waals surface area contributed by atoms with Crippen LogP contribution in [-0.4, -0.2) is 55.3 Å². The zero-order valence-corrected chi connectivity index (χ0v) is 12.3. The van der Waals surface area contributed by atoms with Gasteiger partial charge >= 0.3 is 6.09 Å². The Balaban J connectivity index is 2.98. The van der Waals surface area contributed by atoms with Crippen molar-refractivity contribution in [2.24, 2.45) is 0 Å². The molecule has 8 heteroatoms. The summed E-state index contributed by atoms with van der Waals surface area (Å²) >= 11 is 0. The van der Waals surface area contributed by atoms with Crippen LogP contribution in [0.3, 0.4) is 0 Å². The van der Waals surface area contributed by atoms with Crippen molar-refractivity contribution < 1.29 is 19.8 Å². The summed E-state index contributed by atoms with van der Waals surface area (Å²) in [5.74, 6) is -0.327. The van der Waals surface area contributed by atoms with Gasteiger partial charge in [0.1, 0.15) is 6.04 Å². The van der Waals surface area contributed by atoms with Crippen LogP contribution in [0, 0.1) is 0 Å². The number of hydrogen-bond acceptors (Lipinski definition) is 5. The Bertz CT molecular complexity index is 487. The molecule has 1 aromatic heterocycles. The van der Waals surface area contributed by atoms with E-state index in [0.29, 0.717) is 0 Å². The van der Waals surface area contributed by atoms with Gasteiger partial charge in [-0.1, -0.05) is 0 Å². The van der Waals surface area contributed by atoms with Crippen LogP contribution in [0.5, 0.6) is 0 Å². The Morgan fingerprint density at radius 2 is 2.05 bits per heavy atom. The number of carbonyl (C=O) groups excluding carboxylic acids is 1. The van der Waals surface area contributed by atoms with Crippen molar-refractivity contribution in [1.82, 2.24) is 14.9 Å². The van der Waals surface area contributed by atoms with Gasteiger partial charge < -0.3 is 15.5 Å². The first-order valence-electron chi connectivity index (χ1n) is 6.47. The largest absolute Gasteiger partial charge is 0.465 e. The van der Waals surface area contributed by atoms with Gasteiger partial charge in [-0.2, -0.15) is 0 Å². The normalized spacial score (nSPS) is 12.6. The fraction of sp³-hybridized carbons (Fsp3) is 0.538. The lowest BCUT2D eigenvalue weighted by Gasteiger charge is -2.38. The number of rotatable bonds is 5. The van der Waals surface area contributed by atoms with Gasteiger partial charge in [-0.25, -0.2) is 9.78 Å². The van der Waals surface area contributed by atoms with Crippen LogP contribution in [0.4, 0.5) is 10.6 Å². The monoisotopic (exact) mass is 296 g/mol. The molecule has 0 radical (unpaired) electrons. The second-order valence-electron chi connectivity index (χ2n) is 5.43. The Kier molecular flexibility index (Phi) is 5.60. The third kappa shape index (κ3) is 4.67. The first-order chi connectivity index (χ1) is 9.77. The van der Waals surface area contributed by atoms with Gasteiger partial charge in [0.15, 0.2) is 5.82 Å². The van der Waals surface area contributed by atoms with E-state index in [4.69, 9.17) is 5.11 Å². The molecule has 0 fully saturated rings. The zero-order chi connectivity index (χ0) is 16.0. The van der Waals surface area contributed by atoms with Gasteiger partial charge in [0, 0.05) is 31.0 Å². The lowest BCUT2D eigenvalue weighted by molar-refractivity contribution is -0.123. The molecule has 1 unspecified atom stereocenters. The molecule has 0 spiro atoms. The molecule has 0 aromatic carbocycles. The Morgan fingerprint density at radius 1 is 1.38 bits per heavy atom. The van der Waals surface area contributed by atoms with E-state index in [2.05, 4.69) is 15.3 Å². The maximum atomic E-state index is 12.3. The van der Waals surface area contributed by atoms with Crippen LogP contribution >= 0.6 is 0 Å². The molecule has 1 rings (SSSR count). The first kappa shape index (κ1) is 16.8. The SMILES string of the molecule is CC(C)(C)N(C(=O)O)C(CCO)C(=O)Nc1cnccn1. The number of aliphatic hydroxyl groups is 1. The summed E-state index contributed by atoms with van der Waals surface area (Å²) < 4.78 is 0. The predicted molar refractivity (Wildman–Crippen MR) is 75.8 cm³/mol. The van der Waals surface area contributed by atoms with Crippen molar-refractivity contribution in [3.8, 4) is 0 Å². The van der Waals surface area contributed by atoms with Gasteiger partial charge in [-0.3, -0.25) is 14.7 Å². The van der Waals surface area contributed by atoms with Gasteiger partial charge in [0.25, 0.3) is 0 Å². The van der Waals surface area contributed by atoms with Crippen molar-refractivity contribution in [1.29, 1.82) is 0 Å². The van der Waals surface area contributed by atoms with E-state index in [1.165, 1.54) is 18.6 Å². The maximum Gasteiger partial charge on any atom is 0.408 e. The molecule has 3 N–H and O–H groups in total. The highest BCUT2D eigenvalue weighted by molar-refractivity contribution is 5.95. The molecule has 0 saturated carbocycles. The summed E-state index contributed by atoms with van der Waals surface area (Å²) in [4.78, 5) is 32.5. The minimum absolute atomic E-state index is 0.00430. The standard InChI is InChI=1S/C13H20N4O4/c1-13(2,3)17(12(20)21)9(4-7-18)11(19)16-10-8-14-5-6-15-10/h5-6,8-9,18H,4,7H2,1-3H3,(H,20,21)(H,15,16,19). The van der Waals surface area contributed by atoms with E-state index < -0.39 is 23.6 Å². The van der Waals surface area contributed by atoms with E-state index >= 15 is 0 Å². The summed E-state index contributed by atoms with van der Waals surface area (Å²) in [6.07, 6.45) is 3.00. The average molecular weight is 296 g/mol. The molecule has 1 heterocycles. The summed E-state index contributed by atoms with van der Waals surface area (Å²) in [5, 5.41) is 21.0. The Morgan fingerprint density at radius 3 is 2.48 bits per heavy atom. The number of hydrogen-bond donors (Lipinski definition) is 3. The number of amides is 2. The lowest BCUT2D eigenvalue weighted by atomic mass is 10.0. The molecular weight excluding hydrogens is 276 g/mol. The smallest absolute Gasteiger partial charge is 0.408 e. The number of anilines is 1. The first-order valence-corrected chi connectivity index (χ1v) is 6.47. The minimum Gasteiger partial charge on any atom is -0.465 e. The van der Waals surface area contributed by atoms with E-state index in [-0.39, 0.29) is 18.8 Å². The van der Waals surface area contributed by atoms with Crippen LogP contribution in [0.2, 0.25) is 0 Å². The fourth-order valence-electron chi connectivity index (χ4n) is 1.96. The molecular formula is C13H20N4O4. The zero-order valence-electron chi connectivity index (χ0n) is 12.3. The predicted octanol–water partition coefficient (Wildman–Crippen LogP) is 0.945. The van der Waals surface area contributed by atoms with Crippen molar-refractivity contribution in [3.63, 3.8) is 0 Å². The van der Waals surface area contributed by atoms with Crippen LogP contribution in [0.25, 0.3) is 0 Å². The number of aliphatic hydroxyl groups excluding tert-OH is 1. The molecule has 0 aliphatic carbocycles. The molecule has 0 aliphatic rings. The highest BCUT2D eigenvalue weighted by Gasteiger charge is 2.37. The topological polar surface area (TPSA) is 116 Å². The number of aromatic nitrogens is 2. The lowest BCUT2D eigenvalue weighted by Crippen LogP contribution is -2.55. The highest BCUT2D eigenvalue weighted by Crippen LogP contribution is 2.20. The molecule has 116 valence electrons. The molecule has 2 amide bonds. The second kappa shape index (κ2) is 6.98. The summed E-state index contributed by atoms with van der Waals surface area (Å²) in [5.41, 5.74) is -0.786. The van der Waals surface area contributed by atoms with Gasteiger partial charge in [-0.15, -0.1) is 0 Å². The summed E-state index contributed by atoms with van der Waals surface area (Å²) in [7, 11) is 0. The van der Waals surface area contributed by atoms with Crippen LogP contribution in [0.15, 0.2) is 18.6 Å². The summed E-state index contributed by atoms with van der Waals surface area (Å²) in [6, 6.07) is -1.02. The minimum atomic E-state index is -1.23. The molecule has 0 bridgehead atoms. The number of carbonyl (C=O) groups is 2. The molecule has 21 heavy (non-hydrogen) atoms. The Labute approximate surface area is 122 Å². The van der Waals surface area contributed by atoms with Crippen molar-refractivity contribution in [3.05, 3.63) is 18.6 Å². The third-order valence-electron chi connectivity index (χ3n) is 2.76. The van der Waals surface area contributed by atoms with Crippen molar-refractivity contribution in [2.75, 3.05) is 11.9 Å². The van der Waals surface area contributed by atoms with Gasteiger partial charge in [-0.05, 0) is 20.8 Å². The molecule has 0 saturated heterocycles. The van der Waals surface area contributed by atoms with Crippen LogP contribution in [-0.2, 0) is 4.79 Å². The molecule has 8 nitrogen and oxygen atoms in total. The van der Waals surface area contributed by atoms with Crippen LogP contribution in [0.1, 0.15) is 27.2 Å². The number of nitrogens with one attached hydrogen (secondary N) is 1. The average Bonchev–Trinajstić information content (AvgIpc) is 2.37.